The van der Waals surface area contributed by atoms with Crippen LogP contribution in [-0.4, -0.2) is 74.8 Å². The molecule has 0 saturated heterocycles. The van der Waals surface area contributed by atoms with Gasteiger partial charge in [-0.15, -0.1) is 0 Å². The zero-order chi connectivity index (χ0) is 38.8. The second-order valence-corrected chi connectivity index (χ2v) is 10.8. The number of esters is 3. The molecule has 3 aromatic carbocycles. The Morgan fingerprint density at radius 3 is 1.70 bits per heavy atom. The highest BCUT2D eigenvalue weighted by Gasteiger charge is 2.24. The molecule has 3 rings (SSSR count). The van der Waals surface area contributed by atoms with E-state index in [-0.39, 0.29) is 66.1 Å². The third-order valence-corrected chi connectivity index (χ3v) is 7.06. The van der Waals surface area contributed by atoms with Crippen molar-refractivity contribution < 1.29 is 71.8 Å². The highest BCUT2D eigenvalue weighted by molar-refractivity contribution is 6.00. The van der Waals surface area contributed by atoms with E-state index in [0.717, 1.165) is 12.2 Å². The molecule has 0 unspecified atom stereocenters. The molecule has 1 N–H and O–H groups in total. The Morgan fingerprint density at radius 1 is 0.660 bits per heavy atom. The van der Waals surface area contributed by atoms with E-state index in [9.17, 15) is 33.9 Å². The largest absolute Gasteiger partial charge is 0.513 e. The molecule has 0 fully saturated rings. The number of benzene rings is 3. The fourth-order valence-electron chi connectivity index (χ4n) is 4.52. The Bertz CT molecular complexity index is 1810. The molecule has 280 valence electrons. The van der Waals surface area contributed by atoms with Crippen LogP contribution in [0, 0.1) is 6.92 Å². The Labute approximate surface area is 304 Å². The van der Waals surface area contributed by atoms with Crippen molar-refractivity contribution in [3.63, 3.8) is 0 Å². The zero-order valence-corrected chi connectivity index (χ0v) is 29.1. The van der Waals surface area contributed by atoms with Gasteiger partial charge in [0.05, 0.1) is 44.7 Å². The van der Waals surface area contributed by atoms with E-state index in [4.69, 9.17) is 37.9 Å². The van der Waals surface area contributed by atoms with Crippen LogP contribution in [0.4, 0.5) is 9.59 Å². The Hall–Kier alpha value is -6.64. The molecule has 0 spiro atoms. The van der Waals surface area contributed by atoms with Gasteiger partial charge in [0, 0.05) is 17.7 Å². The number of carboxylic acids is 1. The number of unbranched alkanes of at least 4 members (excludes halogenated alkanes) is 2. The lowest BCUT2D eigenvalue weighted by atomic mass is 9.94. The van der Waals surface area contributed by atoms with E-state index < -0.39 is 36.2 Å². The fourth-order valence-corrected chi connectivity index (χ4v) is 4.52. The predicted molar refractivity (Wildman–Crippen MR) is 186 cm³/mol. The van der Waals surface area contributed by atoms with Crippen molar-refractivity contribution in [3.05, 3.63) is 96.6 Å². The van der Waals surface area contributed by atoms with Crippen molar-refractivity contribution in [3.8, 4) is 34.1 Å². The van der Waals surface area contributed by atoms with Crippen LogP contribution in [0.25, 0.3) is 11.1 Å². The van der Waals surface area contributed by atoms with Crippen molar-refractivity contribution in [2.24, 2.45) is 0 Å². The summed E-state index contributed by atoms with van der Waals surface area (Å²) in [5.41, 5.74) is 0.976. The standard InChI is InChI=1S/C38H38O15/c1-5-31(39)47-19-7-9-21-49-37(44)52-26-13-11-25(12-14-26)36(43)51-27-15-16-28(24(3)23-27)33-29(35(41)42)17-18-30(34(33)46-4)53-38(45)50-22-10-8-20-48-32(40)6-2/h5-6,11-18,23H,1-2,7-10,19-22H2,3-4H3,(H,41,42). The van der Waals surface area contributed by atoms with Gasteiger partial charge in [-0.05, 0) is 92.3 Å². The van der Waals surface area contributed by atoms with Gasteiger partial charge in [0.15, 0.2) is 11.5 Å². The van der Waals surface area contributed by atoms with Crippen molar-refractivity contribution in [1.29, 1.82) is 0 Å². The lowest BCUT2D eigenvalue weighted by molar-refractivity contribution is -0.138. The number of ether oxygens (including phenoxy) is 8. The Morgan fingerprint density at radius 2 is 1.19 bits per heavy atom. The third-order valence-electron chi connectivity index (χ3n) is 7.06. The molecule has 15 heteroatoms. The maximum absolute atomic E-state index is 12.9. The lowest BCUT2D eigenvalue weighted by Crippen LogP contribution is -2.13. The maximum Gasteiger partial charge on any atom is 0.513 e. The first-order valence-electron chi connectivity index (χ1n) is 16.1. The molecule has 0 aliphatic rings. The summed E-state index contributed by atoms with van der Waals surface area (Å²) in [6.45, 7) is 8.57. The Kier molecular flexibility index (Phi) is 16.1. The minimum atomic E-state index is -1.27. The number of aromatic carboxylic acids is 1. The molecule has 3 aromatic rings. The van der Waals surface area contributed by atoms with Crippen molar-refractivity contribution in [2.75, 3.05) is 33.5 Å². The summed E-state index contributed by atoms with van der Waals surface area (Å²) in [6, 6.07) is 12.6. The SMILES string of the molecule is C=CC(=O)OCCCCOC(=O)Oc1ccc(C(=O)Oc2ccc(-c3c(C(=O)O)ccc(OC(=O)OCCCCOC(=O)C=C)c3OC)c(C)c2)cc1. The number of carbonyl (C=O) groups is 6. The first-order chi connectivity index (χ1) is 25.5. The summed E-state index contributed by atoms with van der Waals surface area (Å²) < 4.78 is 41.2. The van der Waals surface area contributed by atoms with Crippen LogP contribution in [0.1, 0.15) is 52.0 Å². The number of hydrogen-bond donors (Lipinski definition) is 1. The molecule has 0 bridgehead atoms. The second-order valence-electron chi connectivity index (χ2n) is 10.8. The molecule has 53 heavy (non-hydrogen) atoms. The normalized spacial score (nSPS) is 10.2. The van der Waals surface area contributed by atoms with Gasteiger partial charge in [0.1, 0.15) is 11.5 Å². The van der Waals surface area contributed by atoms with Gasteiger partial charge in [-0.1, -0.05) is 19.2 Å². The fraction of sp³-hybridized carbons (Fsp3) is 0.263. The molecular weight excluding hydrogens is 696 g/mol. The monoisotopic (exact) mass is 734 g/mol. The number of carbonyl (C=O) groups excluding carboxylic acids is 5. The summed E-state index contributed by atoms with van der Waals surface area (Å²) in [4.78, 5) is 71.6. The minimum Gasteiger partial charge on any atom is -0.492 e. The molecule has 0 aliphatic heterocycles. The minimum absolute atomic E-state index is 0.0288. The summed E-state index contributed by atoms with van der Waals surface area (Å²) in [6.07, 6.45) is 1.82. The number of rotatable bonds is 19. The van der Waals surface area contributed by atoms with Gasteiger partial charge in [0.25, 0.3) is 0 Å². The first-order valence-corrected chi connectivity index (χ1v) is 16.1. The number of hydrogen-bond acceptors (Lipinski definition) is 14. The smallest absolute Gasteiger partial charge is 0.492 e. The van der Waals surface area contributed by atoms with E-state index in [1.807, 2.05) is 0 Å². The van der Waals surface area contributed by atoms with Crippen LogP contribution in [0.3, 0.4) is 0 Å². The molecule has 0 saturated carbocycles. The van der Waals surface area contributed by atoms with Crippen LogP contribution in [0.2, 0.25) is 0 Å². The van der Waals surface area contributed by atoms with Crippen molar-refractivity contribution >= 4 is 36.2 Å². The van der Waals surface area contributed by atoms with Crippen LogP contribution in [0.5, 0.6) is 23.0 Å². The highest BCUT2D eigenvalue weighted by Crippen LogP contribution is 2.43. The number of carboxylic acid groups (broad SMARTS) is 1. The van der Waals surface area contributed by atoms with E-state index in [2.05, 4.69) is 13.2 Å². The molecule has 0 aromatic heterocycles. The first kappa shape index (κ1) is 40.8. The van der Waals surface area contributed by atoms with E-state index in [0.29, 0.717) is 36.8 Å². The van der Waals surface area contributed by atoms with Crippen LogP contribution in [0.15, 0.2) is 79.9 Å². The zero-order valence-electron chi connectivity index (χ0n) is 29.1. The van der Waals surface area contributed by atoms with E-state index in [1.165, 1.54) is 61.7 Å². The molecule has 0 amide bonds. The molecule has 0 atom stereocenters. The summed E-state index contributed by atoms with van der Waals surface area (Å²) in [5, 5.41) is 9.96. The summed E-state index contributed by atoms with van der Waals surface area (Å²) in [7, 11) is 1.28. The van der Waals surface area contributed by atoms with Crippen LogP contribution >= 0.6 is 0 Å². The van der Waals surface area contributed by atoms with Gasteiger partial charge in [-0.3, -0.25) is 0 Å². The van der Waals surface area contributed by atoms with E-state index >= 15 is 0 Å². The van der Waals surface area contributed by atoms with Crippen LogP contribution < -0.4 is 18.9 Å². The van der Waals surface area contributed by atoms with Gasteiger partial charge >= 0.3 is 36.2 Å². The van der Waals surface area contributed by atoms with Gasteiger partial charge in [0.2, 0.25) is 0 Å². The number of aryl methyl sites for hydroxylation is 1. The van der Waals surface area contributed by atoms with Crippen molar-refractivity contribution in [1.82, 2.24) is 0 Å². The molecule has 0 heterocycles. The maximum atomic E-state index is 12.9. The molecule has 0 aliphatic carbocycles. The van der Waals surface area contributed by atoms with Crippen LogP contribution in [-0.2, 0) is 28.5 Å². The highest BCUT2D eigenvalue weighted by atomic mass is 16.7. The lowest BCUT2D eigenvalue weighted by Gasteiger charge is -2.18. The Balaban J connectivity index is 1.63. The quantitative estimate of drug-likeness (QED) is 0.0343. The average molecular weight is 735 g/mol. The topological polar surface area (TPSA) is 196 Å². The summed E-state index contributed by atoms with van der Waals surface area (Å²) >= 11 is 0. The second kappa shape index (κ2) is 20.9. The van der Waals surface area contributed by atoms with Gasteiger partial charge < -0.3 is 43.0 Å². The predicted octanol–water partition coefficient (Wildman–Crippen LogP) is 6.64. The van der Waals surface area contributed by atoms with Gasteiger partial charge in [-0.2, -0.15) is 0 Å². The van der Waals surface area contributed by atoms with Gasteiger partial charge in [-0.25, -0.2) is 28.8 Å². The average Bonchev–Trinajstić information content (AvgIpc) is 3.14. The molecular formula is C38H38O15. The molecule has 15 nitrogen and oxygen atoms in total. The van der Waals surface area contributed by atoms with E-state index in [1.54, 1.807) is 6.92 Å². The molecule has 0 radical (unpaired) electrons. The van der Waals surface area contributed by atoms with Crippen molar-refractivity contribution in [2.45, 2.75) is 32.6 Å². The number of methoxy groups -OCH3 is 1. The third kappa shape index (κ3) is 12.9. The summed E-state index contributed by atoms with van der Waals surface area (Å²) in [5.74, 6) is -2.98.